The van der Waals surface area contributed by atoms with E-state index in [9.17, 15) is 15.2 Å². The number of nitriles is 1. The molecular formula is C18H27N3O2S. The molecule has 0 spiro atoms. The lowest BCUT2D eigenvalue weighted by Gasteiger charge is -2.27. The number of hydrogen-bond donors (Lipinski definition) is 2. The van der Waals surface area contributed by atoms with Gasteiger partial charge in [-0.25, -0.2) is 0 Å². The van der Waals surface area contributed by atoms with Crippen molar-refractivity contribution in [1.82, 2.24) is 4.90 Å². The van der Waals surface area contributed by atoms with Crippen molar-refractivity contribution >= 4 is 22.2 Å². The van der Waals surface area contributed by atoms with Gasteiger partial charge in [0.1, 0.15) is 11.1 Å². The lowest BCUT2D eigenvalue weighted by molar-refractivity contribution is -0.116. The van der Waals surface area contributed by atoms with E-state index in [-0.39, 0.29) is 5.91 Å². The zero-order valence-electron chi connectivity index (χ0n) is 14.8. The molecule has 5 nitrogen and oxygen atoms in total. The van der Waals surface area contributed by atoms with Crippen molar-refractivity contribution < 1.29 is 9.90 Å². The highest BCUT2D eigenvalue weighted by atomic mass is 32.1. The van der Waals surface area contributed by atoms with Crippen molar-refractivity contribution in [3.63, 3.8) is 0 Å². The Morgan fingerprint density at radius 1 is 1.42 bits per heavy atom. The molecule has 0 aromatic carbocycles. The van der Waals surface area contributed by atoms with E-state index >= 15 is 0 Å². The zero-order chi connectivity index (χ0) is 17.7. The molecule has 0 fully saturated rings. The molecular weight excluding hydrogens is 322 g/mol. The van der Waals surface area contributed by atoms with Crippen LogP contribution in [0.1, 0.15) is 56.0 Å². The Bertz CT molecular complexity index is 625. The van der Waals surface area contributed by atoms with Crippen LogP contribution in [0.3, 0.4) is 0 Å². The zero-order valence-corrected chi connectivity index (χ0v) is 15.6. The number of thiophene rings is 1. The van der Waals surface area contributed by atoms with Gasteiger partial charge in [0.2, 0.25) is 5.91 Å². The van der Waals surface area contributed by atoms with Gasteiger partial charge in [0, 0.05) is 24.4 Å². The third kappa shape index (κ3) is 5.04. The highest BCUT2D eigenvalue weighted by Gasteiger charge is 2.22. The van der Waals surface area contributed by atoms with Crippen LogP contribution in [0.15, 0.2) is 0 Å². The molecule has 0 saturated carbocycles. The van der Waals surface area contributed by atoms with Gasteiger partial charge in [0.15, 0.2) is 0 Å². The average Bonchev–Trinajstić information content (AvgIpc) is 2.87. The van der Waals surface area contributed by atoms with Crippen molar-refractivity contribution in [2.75, 3.05) is 25.0 Å². The normalized spacial score (nSPS) is 14.3. The Kier molecular flexibility index (Phi) is 6.39. The number of carbonyl (C=O) groups is 1. The predicted molar refractivity (Wildman–Crippen MR) is 97.3 cm³/mol. The Balaban J connectivity index is 1.95. The van der Waals surface area contributed by atoms with E-state index in [1.807, 2.05) is 6.92 Å². The molecule has 132 valence electrons. The molecule has 1 aliphatic carbocycles. The SMILES string of the molecule is CCN(CCC(=O)Nc1sc2c(c1C#N)CCCC2)CC(C)(C)O. The van der Waals surface area contributed by atoms with Crippen LogP contribution in [0.4, 0.5) is 5.00 Å². The molecule has 1 aliphatic rings. The summed E-state index contributed by atoms with van der Waals surface area (Å²) in [5.41, 5.74) is 1.03. The van der Waals surface area contributed by atoms with Crippen LogP contribution >= 0.6 is 11.3 Å². The van der Waals surface area contributed by atoms with E-state index in [2.05, 4.69) is 16.3 Å². The number of rotatable bonds is 7. The number of aryl methyl sites for hydroxylation is 1. The number of amides is 1. The molecule has 24 heavy (non-hydrogen) atoms. The molecule has 0 unspecified atom stereocenters. The van der Waals surface area contributed by atoms with Crippen LogP contribution in [0, 0.1) is 11.3 Å². The first kappa shape index (κ1) is 18.9. The predicted octanol–water partition coefficient (Wildman–Crippen LogP) is 2.92. The van der Waals surface area contributed by atoms with E-state index in [0.717, 1.165) is 37.8 Å². The monoisotopic (exact) mass is 349 g/mol. The molecule has 0 radical (unpaired) electrons. The van der Waals surface area contributed by atoms with Crippen LogP contribution in [0.25, 0.3) is 0 Å². The molecule has 1 aromatic rings. The molecule has 2 N–H and O–H groups in total. The second kappa shape index (κ2) is 8.11. The van der Waals surface area contributed by atoms with Gasteiger partial charge in [-0.15, -0.1) is 11.3 Å². The largest absolute Gasteiger partial charge is 0.389 e. The van der Waals surface area contributed by atoms with Gasteiger partial charge in [-0.1, -0.05) is 6.92 Å². The highest BCUT2D eigenvalue weighted by Crippen LogP contribution is 2.37. The van der Waals surface area contributed by atoms with E-state index in [1.165, 1.54) is 4.88 Å². The first-order valence-electron chi connectivity index (χ1n) is 8.63. The number of nitrogens with one attached hydrogen (secondary N) is 1. The summed E-state index contributed by atoms with van der Waals surface area (Å²) in [5, 5.41) is 23.0. The van der Waals surface area contributed by atoms with Gasteiger partial charge in [-0.05, 0) is 51.6 Å². The van der Waals surface area contributed by atoms with Crippen molar-refractivity contribution in [3.8, 4) is 6.07 Å². The summed E-state index contributed by atoms with van der Waals surface area (Å²) in [5.74, 6) is -0.0701. The minimum Gasteiger partial charge on any atom is -0.389 e. The number of nitrogens with zero attached hydrogens (tertiary/aromatic N) is 2. The number of aliphatic hydroxyl groups is 1. The Morgan fingerprint density at radius 2 is 2.12 bits per heavy atom. The van der Waals surface area contributed by atoms with Crippen LogP contribution in [-0.4, -0.2) is 41.1 Å². The third-order valence-electron chi connectivity index (χ3n) is 4.25. The standard InChI is InChI=1S/C18H27N3O2S/c1-4-21(12-18(2,3)23)10-9-16(22)20-17-14(11-19)13-7-5-6-8-15(13)24-17/h23H,4-10,12H2,1-3H3,(H,20,22). The summed E-state index contributed by atoms with van der Waals surface area (Å²) in [7, 11) is 0. The van der Waals surface area contributed by atoms with Crippen molar-refractivity contribution in [3.05, 3.63) is 16.0 Å². The summed E-state index contributed by atoms with van der Waals surface area (Å²) < 4.78 is 0. The molecule has 1 heterocycles. The summed E-state index contributed by atoms with van der Waals surface area (Å²) >= 11 is 1.56. The third-order valence-corrected chi connectivity index (χ3v) is 5.46. The number of anilines is 1. The lowest BCUT2D eigenvalue weighted by Crippen LogP contribution is -2.39. The number of likely N-dealkylation sites (N-methyl/N-ethyl adjacent to an activating group) is 1. The van der Waals surface area contributed by atoms with Crippen molar-refractivity contribution in [2.24, 2.45) is 0 Å². The van der Waals surface area contributed by atoms with Crippen LogP contribution in [0.5, 0.6) is 0 Å². The summed E-state index contributed by atoms with van der Waals surface area (Å²) in [6.07, 6.45) is 4.60. The summed E-state index contributed by atoms with van der Waals surface area (Å²) in [4.78, 5) is 15.6. The fourth-order valence-corrected chi connectivity index (χ4v) is 4.37. The van der Waals surface area contributed by atoms with E-state index in [0.29, 0.717) is 30.1 Å². The Hall–Kier alpha value is -1.42. The van der Waals surface area contributed by atoms with Crippen LogP contribution in [-0.2, 0) is 17.6 Å². The second-order valence-electron chi connectivity index (χ2n) is 7.01. The van der Waals surface area contributed by atoms with Gasteiger partial charge in [0.05, 0.1) is 11.2 Å². The molecule has 1 amide bonds. The van der Waals surface area contributed by atoms with E-state index in [1.54, 1.807) is 25.2 Å². The smallest absolute Gasteiger partial charge is 0.226 e. The molecule has 0 aliphatic heterocycles. The van der Waals surface area contributed by atoms with E-state index < -0.39 is 5.60 Å². The van der Waals surface area contributed by atoms with Gasteiger partial charge >= 0.3 is 0 Å². The maximum Gasteiger partial charge on any atom is 0.226 e. The first-order valence-corrected chi connectivity index (χ1v) is 9.45. The lowest BCUT2D eigenvalue weighted by atomic mass is 9.96. The van der Waals surface area contributed by atoms with Crippen molar-refractivity contribution in [1.29, 1.82) is 5.26 Å². The summed E-state index contributed by atoms with van der Waals surface area (Å²) in [6, 6.07) is 2.27. The molecule has 6 heteroatoms. The van der Waals surface area contributed by atoms with Crippen molar-refractivity contribution in [2.45, 2.75) is 58.5 Å². The maximum atomic E-state index is 12.3. The molecule has 0 bridgehead atoms. The Labute approximate surface area is 148 Å². The number of hydrogen-bond acceptors (Lipinski definition) is 5. The number of fused-ring (bicyclic) bond motifs is 1. The molecule has 0 atom stereocenters. The van der Waals surface area contributed by atoms with Gasteiger partial charge in [-0.2, -0.15) is 5.26 Å². The first-order chi connectivity index (χ1) is 11.3. The van der Waals surface area contributed by atoms with Crippen LogP contribution in [0.2, 0.25) is 0 Å². The quantitative estimate of drug-likeness (QED) is 0.793. The fourth-order valence-electron chi connectivity index (χ4n) is 3.12. The fraction of sp³-hybridized carbons (Fsp3) is 0.667. The second-order valence-corrected chi connectivity index (χ2v) is 8.11. The highest BCUT2D eigenvalue weighted by molar-refractivity contribution is 7.16. The average molecular weight is 350 g/mol. The molecule has 2 rings (SSSR count). The molecule has 0 saturated heterocycles. The van der Waals surface area contributed by atoms with Gasteiger partial charge in [0.25, 0.3) is 0 Å². The van der Waals surface area contributed by atoms with Gasteiger partial charge < -0.3 is 15.3 Å². The van der Waals surface area contributed by atoms with E-state index in [4.69, 9.17) is 0 Å². The number of carbonyl (C=O) groups excluding carboxylic acids is 1. The Morgan fingerprint density at radius 3 is 2.75 bits per heavy atom. The minimum atomic E-state index is -0.771. The molecule has 1 aromatic heterocycles. The summed E-state index contributed by atoms with van der Waals surface area (Å²) in [6.45, 7) is 7.47. The van der Waals surface area contributed by atoms with Crippen LogP contribution < -0.4 is 5.32 Å². The topological polar surface area (TPSA) is 76.4 Å². The minimum absolute atomic E-state index is 0.0701. The maximum absolute atomic E-state index is 12.3. The van der Waals surface area contributed by atoms with Gasteiger partial charge in [-0.3, -0.25) is 4.79 Å².